The molecule has 34 heavy (non-hydrogen) atoms. The molecule has 0 saturated heterocycles. The largest absolute Gasteiger partial charge is 0.330 e. The maximum atomic E-state index is 13.4. The highest BCUT2D eigenvalue weighted by Crippen LogP contribution is 2.37. The lowest BCUT2D eigenvalue weighted by atomic mass is 9.99. The highest BCUT2D eigenvalue weighted by molar-refractivity contribution is 5.99. The van der Waals surface area contributed by atoms with Gasteiger partial charge in [-0.1, -0.05) is 75.1 Å². The Bertz CT molecular complexity index is 1180. The van der Waals surface area contributed by atoms with E-state index in [4.69, 9.17) is 0 Å². The van der Waals surface area contributed by atoms with E-state index >= 15 is 0 Å². The molecule has 2 heterocycles. The van der Waals surface area contributed by atoms with Crippen molar-refractivity contribution >= 4 is 5.91 Å². The number of hydrogen-bond donors (Lipinski definition) is 0. The van der Waals surface area contributed by atoms with E-state index in [-0.39, 0.29) is 24.3 Å². The fourth-order valence-electron chi connectivity index (χ4n) is 4.32. The standard InChI is InChI=1S/C27H26N4O.C2H6/c1-3-7-20(2)23-9-5-4-8-21(16-23)19-31-26(12-13-28)24-11-10-22(17-25(24)27(31)32)18-30-15-6-14-29-30;1-2/h3-11,14-17,21,26H,1,12,18-19H2,2H3;1-2H3/b20-7-;. The molecular weight excluding hydrogens is 420 g/mol. The lowest BCUT2D eigenvalue weighted by molar-refractivity contribution is 0.0717. The fraction of sp³-hybridized carbons (Fsp3) is 0.276. The van der Waals surface area contributed by atoms with Crippen LogP contribution in [0.1, 0.15) is 54.7 Å². The van der Waals surface area contributed by atoms with Crippen molar-refractivity contribution in [2.75, 3.05) is 6.54 Å². The summed E-state index contributed by atoms with van der Waals surface area (Å²) in [4.78, 5) is 15.3. The third-order valence-electron chi connectivity index (χ3n) is 5.90. The molecule has 2 aromatic rings. The molecule has 0 bridgehead atoms. The smallest absolute Gasteiger partial charge is 0.254 e. The van der Waals surface area contributed by atoms with Gasteiger partial charge in [0.05, 0.1) is 25.1 Å². The van der Waals surface area contributed by atoms with Crippen LogP contribution in [0.2, 0.25) is 0 Å². The number of carbonyl (C=O) groups is 1. The Morgan fingerprint density at radius 3 is 2.82 bits per heavy atom. The van der Waals surface area contributed by atoms with Gasteiger partial charge in [0, 0.05) is 30.4 Å². The van der Waals surface area contributed by atoms with Crippen LogP contribution in [0.25, 0.3) is 0 Å². The third-order valence-corrected chi connectivity index (χ3v) is 5.90. The summed E-state index contributed by atoms with van der Waals surface area (Å²) < 4.78 is 1.83. The number of fused-ring (bicyclic) bond motifs is 1. The lowest BCUT2D eigenvalue weighted by Crippen LogP contribution is -2.32. The Morgan fingerprint density at radius 2 is 2.12 bits per heavy atom. The Balaban J connectivity index is 0.00000158. The van der Waals surface area contributed by atoms with Crippen molar-refractivity contribution in [3.63, 3.8) is 0 Å². The molecule has 2 unspecified atom stereocenters. The predicted octanol–water partition coefficient (Wildman–Crippen LogP) is 6.17. The van der Waals surface area contributed by atoms with Crippen molar-refractivity contribution in [1.82, 2.24) is 14.7 Å². The molecular formula is C29H32N4O. The number of allylic oxidation sites excluding steroid dienone is 7. The van der Waals surface area contributed by atoms with Crippen molar-refractivity contribution in [2.24, 2.45) is 5.92 Å². The third kappa shape index (κ3) is 5.52. The number of nitrogens with zero attached hydrogens (tertiary/aromatic N) is 4. The van der Waals surface area contributed by atoms with Gasteiger partial charge >= 0.3 is 0 Å². The second kappa shape index (κ2) is 11.8. The minimum Gasteiger partial charge on any atom is -0.330 e. The summed E-state index contributed by atoms with van der Waals surface area (Å²) in [5.74, 6) is 0.0395. The molecule has 0 spiro atoms. The normalized spacial score (nSPS) is 19.0. The molecule has 1 amide bonds. The van der Waals surface area contributed by atoms with Gasteiger partial charge in [-0.05, 0) is 41.3 Å². The van der Waals surface area contributed by atoms with E-state index in [2.05, 4.69) is 42.9 Å². The molecule has 174 valence electrons. The van der Waals surface area contributed by atoms with E-state index in [0.717, 1.165) is 22.3 Å². The van der Waals surface area contributed by atoms with E-state index in [0.29, 0.717) is 18.7 Å². The highest BCUT2D eigenvalue weighted by atomic mass is 16.2. The highest BCUT2D eigenvalue weighted by Gasteiger charge is 2.37. The van der Waals surface area contributed by atoms with Crippen molar-refractivity contribution in [2.45, 2.75) is 39.8 Å². The first-order chi connectivity index (χ1) is 16.6. The first kappa shape index (κ1) is 24.7. The zero-order chi connectivity index (χ0) is 24.5. The van der Waals surface area contributed by atoms with Crippen LogP contribution in [0.4, 0.5) is 0 Å². The molecule has 2 aliphatic rings. The van der Waals surface area contributed by atoms with Crippen LogP contribution < -0.4 is 0 Å². The molecule has 0 saturated carbocycles. The molecule has 0 radical (unpaired) electrons. The van der Waals surface area contributed by atoms with Crippen LogP contribution in [0.5, 0.6) is 0 Å². The first-order valence-electron chi connectivity index (χ1n) is 11.7. The second-order valence-corrected chi connectivity index (χ2v) is 8.08. The summed E-state index contributed by atoms with van der Waals surface area (Å²) >= 11 is 0. The van der Waals surface area contributed by atoms with Crippen LogP contribution in [0, 0.1) is 17.2 Å². The van der Waals surface area contributed by atoms with Crippen LogP contribution in [-0.4, -0.2) is 27.1 Å². The lowest BCUT2D eigenvalue weighted by Gasteiger charge is -2.26. The van der Waals surface area contributed by atoms with Crippen LogP contribution in [0.15, 0.2) is 96.9 Å². The Labute approximate surface area is 202 Å². The van der Waals surface area contributed by atoms with E-state index in [1.165, 1.54) is 0 Å². The fourth-order valence-corrected chi connectivity index (χ4v) is 4.32. The first-order valence-corrected chi connectivity index (χ1v) is 11.7. The number of aromatic nitrogens is 2. The summed E-state index contributed by atoms with van der Waals surface area (Å²) in [5, 5.41) is 13.7. The Morgan fingerprint density at radius 1 is 1.29 bits per heavy atom. The molecule has 1 aliphatic carbocycles. The summed E-state index contributed by atoms with van der Waals surface area (Å²) in [6.07, 6.45) is 18.1. The number of amides is 1. The topological polar surface area (TPSA) is 61.9 Å². The number of nitriles is 1. The minimum atomic E-state index is -0.229. The Kier molecular flexibility index (Phi) is 8.59. The average molecular weight is 453 g/mol. The van der Waals surface area contributed by atoms with Crippen molar-refractivity contribution in [3.8, 4) is 6.07 Å². The van der Waals surface area contributed by atoms with E-state index < -0.39 is 0 Å². The number of carbonyl (C=O) groups excluding carboxylic acids is 1. The molecule has 1 aromatic heterocycles. The molecule has 1 aromatic carbocycles. The van der Waals surface area contributed by atoms with Crippen molar-refractivity contribution < 1.29 is 4.79 Å². The van der Waals surface area contributed by atoms with Gasteiger partial charge in [0.2, 0.25) is 0 Å². The van der Waals surface area contributed by atoms with Gasteiger partial charge in [0.1, 0.15) is 0 Å². The molecule has 5 heteroatoms. The monoisotopic (exact) mass is 452 g/mol. The van der Waals surface area contributed by atoms with E-state index in [9.17, 15) is 10.1 Å². The summed E-state index contributed by atoms with van der Waals surface area (Å²) in [5.41, 5.74) is 4.88. The summed E-state index contributed by atoms with van der Waals surface area (Å²) in [7, 11) is 0. The average Bonchev–Trinajstić information content (AvgIpc) is 3.35. The maximum absolute atomic E-state index is 13.4. The minimum absolute atomic E-state index is 0.0125. The van der Waals surface area contributed by atoms with Gasteiger partial charge in [-0.15, -0.1) is 0 Å². The van der Waals surface area contributed by atoms with Gasteiger partial charge in [-0.25, -0.2) is 0 Å². The molecule has 0 N–H and O–H groups in total. The molecule has 5 nitrogen and oxygen atoms in total. The van der Waals surface area contributed by atoms with E-state index in [1.807, 2.05) is 72.1 Å². The molecule has 2 atom stereocenters. The summed E-state index contributed by atoms with van der Waals surface area (Å²) in [6, 6.07) is 9.90. The van der Waals surface area contributed by atoms with Gasteiger partial charge in [0.25, 0.3) is 5.91 Å². The quantitative estimate of drug-likeness (QED) is 0.472. The summed E-state index contributed by atoms with van der Waals surface area (Å²) in [6.45, 7) is 11.0. The molecule has 0 fully saturated rings. The molecule has 4 rings (SSSR count). The van der Waals surface area contributed by atoms with Crippen molar-refractivity contribution in [3.05, 3.63) is 114 Å². The number of rotatable bonds is 7. The second-order valence-electron chi connectivity index (χ2n) is 8.08. The van der Waals surface area contributed by atoms with Gasteiger partial charge in [0.15, 0.2) is 0 Å². The van der Waals surface area contributed by atoms with Gasteiger partial charge < -0.3 is 4.90 Å². The van der Waals surface area contributed by atoms with Gasteiger partial charge in [-0.3, -0.25) is 9.48 Å². The van der Waals surface area contributed by atoms with Gasteiger partial charge in [-0.2, -0.15) is 10.4 Å². The van der Waals surface area contributed by atoms with E-state index in [1.54, 1.807) is 12.3 Å². The van der Waals surface area contributed by atoms with Crippen LogP contribution in [0.3, 0.4) is 0 Å². The number of hydrogen-bond acceptors (Lipinski definition) is 3. The van der Waals surface area contributed by atoms with Crippen LogP contribution >= 0.6 is 0 Å². The zero-order valence-electron chi connectivity index (χ0n) is 20.2. The zero-order valence-corrected chi connectivity index (χ0v) is 20.2. The molecule has 1 aliphatic heterocycles. The van der Waals surface area contributed by atoms with Crippen molar-refractivity contribution in [1.29, 1.82) is 5.26 Å². The SMILES string of the molecule is C=C/C=C(/C)C1=CC(CN2C(=O)c3cc(Cn4cccn4)ccc3C2CC#N)C=CC=C1.CC. The maximum Gasteiger partial charge on any atom is 0.254 e. The number of benzene rings is 1. The predicted molar refractivity (Wildman–Crippen MR) is 137 cm³/mol. The van der Waals surface area contributed by atoms with Crippen LogP contribution in [-0.2, 0) is 6.54 Å². The Hall–Kier alpha value is -3.91.